The second-order valence-electron chi connectivity index (χ2n) is 9.08. The maximum absolute atomic E-state index is 13.1. The van der Waals surface area contributed by atoms with E-state index in [2.05, 4.69) is 0 Å². The molecule has 1 aromatic carbocycles. The normalized spacial score (nSPS) is 19.8. The second kappa shape index (κ2) is 7.65. The van der Waals surface area contributed by atoms with Gasteiger partial charge in [-0.1, -0.05) is 6.07 Å². The molecule has 2 aromatic heterocycles. The summed E-state index contributed by atoms with van der Waals surface area (Å²) in [5.74, 6) is 0.548. The molecule has 1 fully saturated rings. The SMILES string of the molecule is Cc1c(CCC(=O)N2C[C@H]3C[C@@H](C2)c2cccc(=O)n2C3)c(=O)oc2c(C)c(O)ccc12. The average molecular weight is 434 g/mol. The van der Waals surface area contributed by atoms with E-state index in [1.807, 2.05) is 22.5 Å². The van der Waals surface area contributed by atoms with E-state index in [0.29, 0.717) is 42.8 Å². The van der Waals surface area contributed by atoms with Crippen molar-refractivity contribution in [2.24, 2.45) is 5.92 Å². The van der Waals surface area contributed by atoms with Gasteiger partial charge in [-0.05, 0) is 56.4 Å². The Labute approximate surface area is 184 Å². The monoisotopic (exact) mass is 434 g/mol. The first-order valence-electron chi connectivity index (χ1n) is 11.1. The highest BCUT2D eigenvalue weighted by atomic mass is 16.4. The molecule has 2 atom stereocenters. The van der Waals surface area contributed by atoms with Crippen molar-refractivity contribution < 1.29 is 14.3 Å². The highest BCUT2D eigenvalue weighted by molar-refractivity contribution is 5.85. The van der Waals surface area contributed by atoms with Gasteiger partial charge in [0.15, 0.2) is 0 Å². The van der Waals surface area contributed by atoms with E-state index in [1.165, 1.54) is 0 Å². The van der Waals surface area contributed by atoms with E-state index in [9.17, 15) is 19.5 Å². The Hall–Kier alpha value is -3.35. The van der Waals surface area contributed by atoms with Crippen molar-refractivity contribution >= 4 is 16.9 Å². The number of rotatable bonds is 3. The number of aromatic hydroxyl groups is 1. The summed E-state index contributed by atoms with van der Waals surface area (Å²) in [6, 6.07) is 8.70. The predicted octanol–water partition coefficient (Wildman–Crippen LogP) is 2.86. The summed E-state index contributed by atoms with van der Waals surface area (Å²) in [5, 5.41) is 10.7. The van der Waals surface area contributed by atoms with Crippen LogP contribution in [0.1, 0.15) is 41.1 Å². The van der Waals surface area contributed by atoms with Gasteiger partial charge in [0.1, 0.15) is 11.3 Å². The van der Waals surface area contributed by atoms with Gasteiger partial charge in [0.2, 0.25) is 5.91 Å². The van der Waals surface area contributed by atoms with E-state index < -0.39 is 5.63 Å². The number of hydrogen-bond donors (Lipinski definition) is 1. The highest BCUT2D eigenvalue weighted by Crippen LogP contribution is 2.35. The number of hydrogen-bond acceptors (Lipinski definition) is 5. The third-order valence-electron chi connectivity index (χ3n) is 7.10. The van der Waals surface area contributed by atoms with Crippen molar-refractivity contribution in [1.29, 1.82) is 0 Å². The summed E-state index contributed by atoms with van der Waals surface area (Å²) in [6.07, 6.45) is 1.53. The lowest BCUT2D eigenvalue weighted by Crippen LogP contribution is -2.49. The lowest BCUT2D eigenvalue weighted by molar-refractivity contribution is -0.133. The summed E-state index contributed by atoms with van der Waals surface area (Å²) in [4.78, 5) is 39.8. The van der Waals surface area contributed by atoms with E-state index in [1.54, 1.807) is 31.2 Å². The number of carbonyl (C=O) groups is 1. The van der Waals surface area contributed by atoms with Crippen LogP contribution in [-0.2, 0) is 17.8 Å². The average Bonchev–Trinajstić information content (AvgIpc) is 2.77. The Bertz CT molecular complexity index is 1350. The Morgan fingerprint density at radius 2 is 1.91 bits per heavy atom. The number of aryl methyl sites for hydroxylation is 2. The maximum atomic E-state index is 13.1. The summed E-state index contributed by atoms with van der Waals surface area (Å²) in [7, 11) is 0. The lowest BCUT2D eigenvalue weighted by atomic mass is 9.83. The van der Waals surface area contributed by atoms with Gasteiger partial charge in [-0.15, -0.1) is 0 Å². The van der Waals surface area contributed by atoms with Crippen LogP contribution in [0.15, 0.2) is 44.3 Å². The molecule has 32 heavy (non-hydrogen) atoms. The molecule has 7 heteroatoms. The minimum Gasteiger partial charge on any atom is -0.508 e. The molecule has 4 heterocycles. The molecule has 1 N–H and O–H groups in total. The zero-order valence-corrected chi connectivity index (χ0v) is 18.3. The minimum absolute atomic E-state index is 0.0206. The quantitative estimate of drug-likeness (QED) is 0.640. The number of fused-ring (bicyclic) bond motifs is 5. The van der Waals surface area contributed by atoms with Crippen molar-refractivity contribution in [2.45, 2.75) is 45.6 Å². The zero-order valence-electron chi connectivity index (χ0n) is 18.3. The van der Waals surface area contributed by atoms with Gasteiger partial charge < -0.3 is 19.0 Å². The molecule has 1 saturated heterocycles. The summed E-state index contributed by atoms with van der Waals surface area (Å²) in [6.45, 7) is 5.45. The molecule has 1 amide bonds. The fraction of sp³-hybridized carbons (Fsp3) is 0.400. The van der Waals surface area contributed by atoms with Crippen molar-refractivity contribution in [3.63, 3.8) is 0 Å². The Balaban J connectivity index is 1.35. The molecular formula is C25H26N2O5. The Kier molecular flexibility index (Phi) is 4.92. The molecule has 5 rings (SSSR count). The third-order valence-corrected chi connectivity index (χ3v) is 7.10. The molecule has 166 valence electrons. The third kappa shape index (κ3) is 3.32. The fourth-order valence-corrected chi connectivity index (χ4v) is 5.36. The van der Waals surface area contributed by atoms with E-state index >= 15 is 0 Å². The Morgan fingerprint density at radius 1 is 1.09 bits per heavy atom. The highest BCUT2D eigenvalue weighted by Gasteiger charge is 2.36. The lowest BCUT2D eigenvalue weighted by Gasteiger charge is -2.42. The fourth-order valence-electron chi connectivity index (χ4n) is 5.36. The molecule has 2 aliphatic heterocycles. The zero-order chi connectivity index (χ0) is 22.6. The number of likely N-dealkylation sites (tertiary alicyclic amines) is 1. The molecule has 0 saturated carbocycles. The second-order valence-corrected chi connectivity index (χ2v) is 9.08. The van der Waals surface area contributed by atoms with Crippen molar-refractivity contribution in [2.75, 3.05) is 13.1 Å². The van der Waals surface area contributed by atoms with Crippen LogP contribution in [0.3, 0.4) is 0 Å². The van der Waals surface area contributed by atoms with Crippen LogP contribution in [-0.4, -0.2) is 33.6 Å². The molecular weight excluding hydrogens is 408 g/mol. The minimum atomic E-state index is -0.458. The molecule has 0 unspecified atom stereocenters. The summed E-state index contributed by atoms with van der Waals surface area (Å²) < 4.78 is 7.35. The number of pyridine rings is 1. The molecule has 7 nitrogen and oxygen atoms in total. The number of aromatic nitrogens is 1. The smallest absolute Gasteiger partial charge is 0.339 e. The van der Waals surface area contributed by atoms with Gasteiger partial charge in [0, 0.05) is 60.2 Å². The number of benzene rings is 1. The number of phenolic OH excluding ortho intramolecular Hbond substituents is 1. The van der Waals surface area contributed by atoms with Crippen LogP contribution in [0.25, 0.3) is 11.0 Å². The van der Waals surface area contributed by atoms with Crippen molar-refractivity contribution in [3.05, 3.63) is 73.5 Å². The van der Waals surface area contributed by atoms with Gasteiger partial charge >= 0.3 is 5.63 Å². The van der Waals surface area contributed by atoms with Gasteiger partial charge in [-0.25, -0.2) is 4.79 Å². The topological polar surface area (TPSA) is 92.8 Å². The molecule has 3 aromatic rings. The van der Waals surface area contributed by atoms with Crippen LogP contribution < -0.4 is 11.2 Å². The first-order valence-corrected chi connectivity index (χ1v) is 11.1. The van der Waals surface area contributed by atoms with Crippen molar-refractivity contribution in [1.82, 2.24) is 9.47 Å². The Morgan fingerprint density at radius 3 is 2.72 bits per heavy atom. The van der Waals surface area contributed by atoms with E-state index in [0.717, 1.165) is 23.1 Å². The molecule has 0 radical (unpaired) electrons. The summed E-state index contributed by atoms with van der Waals surface area (Å²) >= 11 is 0. The first-order chi connectivity index (χ1) is 15.3. The molecule has 0 aliphatic carbocycles. The van der Waals surface area contributed by atoms with Crippen LogP contribution in [0, 0.1) is 19.8 Å². The number of nitrogens with zero attached hydrogens (tertiary/aromatic N) is 2. The van der Waals surface area contributed by atoms with Crippen LogP contribution in [0.4, 0.5) is 0 Å². The van der Waals surface area contributed by atoms with Gasteiger partial charge in [-0.3, -0.25) is 9.59 Å². The number of carbonyl (C=O) groups excluding carboxylic acids is 1. The van der Waals surface area contributed by atoms with Gasteiger partial charge in [0.25, 0.3) is 5.56 Å². The molecule has 2 bridgehead atoms. The maximum Gasteiger partial charge on any atom is 0.339 e. The molecule has 0 spiro atoms. The van der Waals surface area contributed by atoms with Crippen molar-refractivity contribution in [3.8, 4) is 5.75 Å². The first kappa shape index (κ1) is 20.5. The number of amides is 1. The van der Waals surface area contributed by atoms with E-state index in [-0.39, 0.29) is 35.5 Å². The molecule has 2 aliphatic rings. The van der Waals surface area contributed by atoms with Crippen LogP contribution in [0.2, 0.25) is 0 Å². The number of phenols is 1. The summed E-state index contributed by atoms with van der Waals surface area (Å²) in [5.41, 5.74) is 2.79. The van der Waals surface area contributed by atoms with Gasteiger partial charge in [-0.2, -0.15) is 0 Å². The van der Waals surface area contributed by atoms with Gasteiger partial charge in [0.05, 0.1) is 0 Å². The largest absolute Gasteiger partial charge is 0.508 e. The number of piperidine rings is 1. The van der Waals surface area contributed by atoms with E-state index in [4.69, 9.17) is 4.42 Å². The standard InChI is InChI=1S/C25H26N2O5/c1-14-18-6-8-21(28)15(2)24(18)32-25(31)19(14)7-9-22(29)26-11-16-10-17(13-26)20-4-3-5-23(30)27(20)12-16/h3-6,8,16-17,28H,7,9-13H2,1-2H3/t16-,17+/m1/s1. The van der Waals surface area contributed by atoms with Crippen LogP contribution >= 0.6 is 0 Å². The van der Waals surface area contributed by atoms with Crippen LogP contribution in [0.5, 0.6) is 5.75 Å². The predicted molar refractivity (Wildman–Crippen MR) is 120 cm³/mol.